The maximum absolute atomic E-state index is 12.4. The lowest BCUT2D eigenvalue weighted by atomic mass is 9.88. The van der Waals surface area contributed by atoms with Gasteiger partial charge in [-0.25, -0.2) is 0 Å². The molecule has 1 aliphatic carbocycles. The molecule has 0 bridgehead atoms. The van der Waals surface area contributed by atoms with Crippen molar-refractivity contribution in [2.24, 2.45) is 0 Å². The first-order valence-corrected chi connectivity index (χ1v) is 13.2. The number of hydrogen-bond acceptors (Lipinski definition) is 4. The van der Waals surface area contributed by atoms with E-state index in [1.807, 2.05) is 12.1 Å². The van der Waals surface area contributed by atoms with Crippen molar-refractivity contribution in [3.8, 4) is 0 Å². The Kier molecular flexibility index (Phi) is 8.88. The van der Waals surface area contributed by atoms with Crippen molar-refractivity contribution < 1.29 is 22.6 Å². The molecule has 0 saturated carbocycles. The van der Waals surface area contributed by atoms with Crippen LogP contribution in [0.4, 0.5) is 0 Å². The molecule has 2 aromatic carbocycles. The minimum Gasteiger partial charge on any atom is -0.353 e. The van der Waals surface area contributed by atoms with E-state index < -0.39 is 21.8 Å². The fraction of sp³-hybridized carbons (Fsp3) is 0.360. The third kappa shape index (κ3) is 7.97. The number of carbonyl (C=O) groups excluding carboxylic acids is 2. The molecule has 0 saturated heterocycles. The van der Waals surface area contributed by atoms with Crippen LogP contribution in [0.3, 0.4) is 0 Å². The molecule has 3 N–H and O–H groups in total. The van der Waals surface area contributed by atoms with E-state index in [1.54, 1.807) is 24.3 Å². The van der Waals surface area contributed by atoms with Crippen molar-refractivity contribution in [1.29, 1.82) is 0 Å². The monoisotopic (exact) mass is 504 g/mol. The van der Waals surface area contributed by atoms with Crippen molar-refractivity contribution in [2.75, 3.05) is 12.3 Å². The molecule has 1 atom stereocenters. The summed E-state index contributed by atoms with van der Waals surface area (Å²) >= 11 is 6.05. The third-order valence-electron chi connectivity index (χ3n) is 5.81. The van der Waals surface area contributed by atoms with E-state index in [-0.39, 0.29) is 18.5 Å². The van der Waals surface area contributed by atoms with Gasteiger partial charge in [0.2, 0.25) is 5.91 Å². The highest BCUT2D eigenvalue weighted by molar-refractivity contribution is 7.85. The number of amides is 2. The topological polar surface area (TPSA) is 113 Å². The number of benzene rings is 2. The molecule has 0 aromatic heterocycles. The zero-order valence-corrected chi connectivity index (χ0v) is 20.6. The van der Waals surface area contributed by atoms with Crippen LogP contribution in [-0.2, 0) is 21.3 Å². The van der Waals surface area contributed by atoms with Crippen LogP contribution < -0.4 is 10.6 Å². The predicted molar refractivity (Wildman–Crippen MR) is 133 cm³/mol. The highest BCUT2D eigenvalue weighted by Gasteiger charge is 2.18. The summed E-state index contributed by atoms with van der Waals surface area (Å²) in [5.74, 6) is -0.965. The van der Waals surface area contributed by atoms with Gasteiger partial charge in [0.05, 0.1) is 5.75 Å². The summed E-state index contributed by atoms with van der Waals surface area (Å²) in [5, 5.41) is 6.28. The van der Waals surface area contributed by atoms with E-state index in [0.29, 0.717) is 18.4 Å². The van der Waals surface area contributed by atoms with Crippen LogP contribution in [-0.4, -0.2) is 43.1 Å². The Morgan fingerprint density at radius 3 is 2.50 bits per heavy atom. The van der Waals surface area contributed by atoms with Crippen molar-refractivity contribution >= 4 is 39.1 Å². The highest BCUT2D eigenvalue weighted by atomic mass is 35.5. The lowest BCUT2D eigenvalue weighted by molar-refractivity contribution is -0.121. The quantitative estimate of drug-likeness (QED) is 0.447. The van der Waals surface area contributed by atoms with Gasteiger partial charge in [-0.3, -0.25) is 14.1 Å². The summed E-state index contributed by atoms with van der Waals surface area (Å²) in [6.45, 7) is 1.88. The maximum atomic E-state index is 12.4. The second-order valence-corrected chi connectivity index (χ2v) is 10.5. The molecule has 1 unspecified atom stereocenters. The summed E-state index contributed by atoms with van der Waals surface area (Å²) in [4.78, 5) is 24.4. The number of allylic oxidation sites excluding steroid dienone is 1. The van der Waals surface area contributed by atoms with Gasteiger partial charge < -0.3 is 10.6 Å². The van der Waals surface area contributed by atoms with Crippen LogP contribution in [0, 0.1) is 6.92 Å². The number of hydrogen-bond donors (Lipinski definition) is 3. The van der Waals surface area contributed by atoms with Crippen LogP contribution >= 0.6 is 11.6 Å². The van der Waals surface area contributed by atoms with E-state index in [9.17, 15) is 18.0 Å². The third-order valence-corrected chi connectivity index (χ3v) is 6.77. The second kappa shape index (κ2) is 11.6. The van der Waals surface area contributed by atoms with Gasteiger partial charge in [-0.2, -0.15) is 8.42 Å². The Morgan fingerprint density at radius 2 is 1.88 bits per heavy atom. The van der Waals surface area contributed by atoms with E-state index in [4.69, 9.17) is 16.2 Å². The highest BCUT2D eigenvalue weighted by Crippen LogP contribution is 2.30. The Bertz CT molecular complexity index is 1180. The smallest absolute Gasteiger partial charge is 0.266 e. The van der Waals surface area contributed by atoms with Gasteiger partial charge in [0, 0.05) is 29.6 Å². The summed E-state index contributed by atoms with van der Waals surface area (Å²) in [5.41, 5.74) is 4.97. The van der Waals surface area contributed by atoms with Crippen molar-refractivity contribution in [2.45, 2.75) is 45.1 Å². The zero-order valence-electron chi connectivity index (χ0n) is 19.0. The first kappa shape index (κ1) is 25.9. The van der Waals surface area contributed by atoms with Gasteiger partial charge in [0.1, 0.15) is 0 Å². The van der Waals surface area contributed by atoms with Crippen LogP contribution in [0.1, 0.15) is 52.7 Å². The summed E-state index contributed by atoms with van der Waals surface area (Å²) < 4.78 is 30.1. The van der Waals surface area contributed by atoms with Crippen LogP contribution in [0.2, 0.25) is 5.02 Å². The SMILES string of the molecule is Cc1cc(Cl)ccc1C1=CCC(NC(=O)CCc2ccc(C(=O)NCCS(=O)(=O)O)cc2)CC1. The van der Waals surface area contributed by atoms with Gasteiger partial charge >= 0.3 is 0 Å². The fourth-order valence-corrected chi connectivity index (χ4v) is 4.56. The molecule has 3 rings (SSSR count). The Hall–Kier alpha value is -2.68. The molecule has 182 valence electrons. The number of halogens is 1. The summed E-state index contributed by atoms with van der Waals surface area (Å²) in [7, 11) is -4.11. The maximum Gasteiger partial charge on any atom is 0.266 e. The van der Waals surface area contributed by atoms with Crippen molar-refractivity contribution in [1.82, 2.24) is 10.6 Å². The fourth-order valence-electron chi connectivity index (χ4n) is 3.97. The zero-order chi connectivity index (χ0) is 24.7. The largest absolute Gasteiger partial charge is 0.353 e. The lowest BCUT2D eigenvalue weighted by Crippen LogP contribution is -2.35. The molecular formula is C25H29ClN2O5S. The van der Waals surface area contributed by atoms with Crippen LogP contribution in [0.5, 0.6) is 0 Å². The van der Waals surface area contributed by atoms with Gasteiger partial charge in [0.15, 0.2) is 0 Å². The molecule has 0 spiro atoms. The number of nitrogens with one attached hydrogen (secondary N) is 2. The Labute approximate surface area is 205 Å². The standard InChI is InChI=1S/C25H29ClN2O5S/c1-17-16-21(26)9-12-23(17)19-7-10-22(11-8-19)28-24(29)13-4-18-2-5-20(6-3-18)25(30)27-14-15-34(31,32)33/h2-3,5-7,9,12,16,22H,4,8,10-11,13-15H2,1H3,(H,27,30)(H,28,29)(H,31,32,33). The van der Waals surface area contributed by atoms with Gasteiger partial charge in [0.25, 0.3) is 16.0 Å². The Balaban J connectivity index is 1.43. The summed E-state index contributed by atoms with van der Waals surface area (Å²) in [6.07, 6.45) is 5.69. The second-order valence-electron chi connectivity index (χ2n) is 8.47. The molecule has 0 aliphatic heterocycles. The van der Waals surface area contributed by atoms with Crippen LogP contribution in [0.25, 0.3) is 5.57 Å². The predicted octanol–water partition coefficient (Wildman–Crippen LogP) is 3.95. The average molecular weight is 505 g/mol. The van der Waals surface area contributed by atoms with Gasteiger partial charge in [-0.15, -0.1) is 0 Å². The first-order chi connectivity index (χ1) is 16.1. The van der Waals surface area contributed by atoms with Gasteiger partial charge in [-0.05, 0) is 79.1 Å². The molecule has 7 nitrogen and oxygen atoms in total. The molecular weight excluding hydrogens is 476 g/mol. The lowest BCUT2D eigenvalue weighted by Gasteiger charge is -2.24. The van der Waals surface area contributed by atoms with Crippen molar-refractivity contribution in [3.05, 3.63) is 75.8 Å². The molecule has 1 aliphatic rings. The molecule has 2 amide bonds. The Morgan fingerprint density at radius 1 is 1.15 bits per heavy atom. The minimum absolute atomic E-state index is 0.00319. The molecule has 9 heteroatoms. The molecule has 2 aromatic rings. The number of carbonyl (C=O) groups is 2. The number of rotatable bonds is 9. The molecule has 0 fully saturated rings. The molecule has 0 heterocycles. The van der Waals surface area contributed by atoms with Crippen LogP contribution in [0.15, 0.2) is 48.5 Å². The first-order valence-electron chi connectivity index (χ1n) is 11.2. The minimum atomic E-state index is -4.11. The molecule has 0 radical (unpaired) electrons. The van der Waals surface area contributed by atoms with E-state index in [1.165, 1.54) is 11.1 Å². The van der Waals surface area contributed by atoms with Crippen molar-refractivity contribution in [3.63, 3.8) is 0 Å². The summed E-state index contributed by atoms with van der Waals surface area (Å²) in [6, 6.07) is 12.8. The van der Waals surface area contributed by atoms with Gasteiger partial charge in [-0.1, -0.05) is 35.9 Å². The number of aryl methyl sites for hydroxylation is 2. The van der Waals surface area contributed by atoms with E-state index >= 15 is 0 Å². The van der Waals surface area contributed by atoms with E-state index in [2.05, 4.69) is 29.7 Å². The average Bonchev–Trinajstić information content (AvgIpc) is 2.78. The molecule has 34 heavy (non-hydrogen) atoms. The normalized spacial score (nSPS) is 16.0. The van der Waals surface area contributed by atoms with E-state index in [0.717, 1.165) is 35.4 Å².